The summed E-state index contributed by atoms with van der Waals surface area (Å²) in [6, 6.07) is 28.0. The van der Waals surface area contributed by atoms with Gasteiger partial charge < -0.3 is 23.5 Å². The normalized spacial score (nSPS) is 10.9. The van der Waals surface area contributed by atoms with Crippen LogP contribution in [0.1, 0.15) is 0 Å². The Labute approximate surface area is 251 Å². The van der Waals surface area contributed by atoms with Crippen LogP contribution in [0.2, 0.25) is 0 Å². The van der Waals surface area contributed by atoms with Gasteiger partial charge in [-0.15, -0.1) is 11.6 Å². The first-order valence-corrected chi connectivity index (χ1v) is 13.9. The topological polar surface area (TPSA) is 94.1 Å². The van der Waals surface area contributed by atoms with Crippen LogP contribution in [0.3, 0.4) is 0 Å². The molecule has 0 radical (unpaired) electrons. The van der Waals surface area contributed by atoms with E-state index in [0.717, 1.165) is 22.3 Å². The average molecular weight is 569 g/mol. The smallest absolute Gasteiger partial charge is 0.748 e. The largest absolute Gasteiger partial charge is 1.00 e. The Morgan fingerprint density at radius 1 is 0.605 bits per heavy atom. The Bertz CT molecular complexity index is 1350. The average Bonchev–Trinajstić information content (AvgIpc) is 2.90. The minimum absolute atomic E-state index is 0. The summed E-state index contributed by atoms with van der Waals surface area (Å²) in [5.74, 6) is 1.61. The van der Waals surface area contributed by atoms with Crippen molar-refractivity contribution in [2.75, 3.05) is 51.3 Å². The van der Waals surface area contributed by atoms with Crippen LogP contribution in [-0.2, 0) is 19.6 Å². The van der Waals surface area contributed by atoms with Gasteiger partial charge in [0.15, 0.2) is 0 Å². The molecule has 0 aliphatic heterocycles. The van der Waals surface area contributed by atoms with Crippen LogP contribution in [0, 0.1) is 0 Å². The zero-order valence-electron chi connectivity index (χ0n) is 21.4. The van der Waals surface area contributed by atoms with Gasteiger partial charge in [0.05, 0.1) is 42.3 Å². The van der Waals surface area contributed by atoms with Crippen molar-refractivity contribution in [2.45, 2.75) is 0 Å². The molecule has 0 N–H and O–H groups in total. The van der Waals surface area contributed by atoms with Gasteiger partial charge in [-0.05, 0) is 45.8 Å². The van der Waals surface area contributed by atoms with Crippen molar-refractivity contribution in [1.29, 1.82) is 0 Å². The molecule has 0 fully saturated rings. The van der Waals surface area contributed by atoms with Gasteiger partial charge in [-0.2, -0.15) is 0 Å². The van der Waals surface area contributed by atoms with Gasteiger partial charge in [0.1, 0.15) is 24.7 Å². The third-order valence-electron chi connectivity index (χ3n) is 5.13. The van der Waals surface area contributed by atoms with E-state index in [1.807, 2.05) is 66.7 Å². The number of hydrogen-bond acceptors (Lipinski definition) is 7. The van der Waals surface area contributed by atoms with Crippen LogP contribution in [0.15, 0.2) is 84.9 Å². The zero-order chi connectivity index (χ0) is 26.3. The first-order chi connectivity index (χ1) is 17.9. The van der Waals surface area contributed by atoms with Crippen LogP contribution in [0.25, 0.3) is 21.5 Å². The summed E-state index contributed by atoms with van der Waals surface area (Å²) in [5.41, 5.74) is 0. The molecule has 0 aromatic heterocycles. The Hall–Kier alpha value is -1.88. The van der Waals surface area contributed by atoms with E-state index in [-0.39, 0.29) is 42.8 Å². The summed E-state index contributed by atoms with van der Waals surface area (Å²) in [4.78, 5) is 0. The van der Waals surface area contributed by atoms with E-state index < -0.39 is 15.9 Å². The second kappa shape index (κ2) is 17.7. The number of benzene rings is 4. The van der Waals surface area contributed by atoms with Crippen molar-refractivity contribution in [3.63, 3.8) is 0 Å². The summed E-state index contributed by atoms with van der Waals surface area (Å²) in [7, 11) is -4.20. The molecule has 0 spiro atoms. The molecule has 4 aromatic rings. The van der Waals surface area contributed by atoms with E-state index in [4.69, 9.17) is 30.5 Å². The molecular weight excluding hydrogens is 539 g/mol. The van der Waals surface area contributed by atoms with Gasteiger partial charge >= 0.3 is 29.6 Å². The number of rotatable bonds is 13. The van der Waals surface area contributed by atoms with Gasteiger partial charge in [0, 0.05) is 5.88 Å². The van der Waals surface area contributed by atoms with Crippen molar-refractivity contribution in [3.05, 3.63) is 84.9 Å². The number of hydrogen-bond donors (Lipinski definition) is 0. The van der Waals surface area contributed by atoms with E-state index in [1.54, 1.807) is 0 Å². The van der Waals surface area contributed by atoms with Crippen LogP contribution in [-0.4, -0.2) is 64.2 Å². The molecule has 10 heteroatoms. The summed E-state index contributed by atoms with van der Waals surface area (Å²) >= 11 is 5.50. The molecule has 4 rings (SSSR count). The third-order valence-corrected chi connectivity index (χ3v) is 5.95. The number of alkyl halides is 1. The quantitative estimate of drug-likeness (QED) is 0.106. The number of halogens is 1. The molecule has 0 aliphatic rings. The molecule has 7 nitrogen and oxygen atoms in total. The van der Waals surface area contributed by atoms with Crippen molar-refractivity contribution < 1.29 is 61.5 Å². The molecule has 198 valence electrons. The Balaban J connectivity index is 0.000000263. The molecule has 0 atom stereocenters. The standard InChI is InChI=1S/C14H15ClO2.C14H16O5S.Na/c15-7-8-16-9-10-17-14-6-5-12-3-1-2-4-13(12)11-14;15-20(16,17)10-9-18-7-8-19-14-6-5-12-3-1-2-4-13(12)11-14;/h1-6,11H,7-10H2;1-6,11H,7-10H2,(H,15,16,17);/q;;+1/p-1. The molecule has 0 amide bonds. The molecule has 0 heterocycles. The summed E-state index contributed by atoms with van der Waals surface area (Å²) in [5, 5.41) is 4.63. The second-order valence-electron chi connectivity index (χ2n) is 7.89. The fourth-order valence-corrected chi connectivity index (χ4v) is 3.80. The van der Waals surface area contributed by atoms with Gasteiger partial charge in [-0.3, -0.25) is 0 Å². The van der Waals surface area contributed by atoms with Gasteiger partial charge in [0.25, 0.3) is 0 Å². The third kappa shape index (κ3) is 12.3. The van der Waals surface area contributed by atoms with Crippen LogP contribution >= 0.6 is 11.6 Å². The molecule has 0 unspecified atom stereocenters. The molecule has 0 bridgehead atoms. The Morgan fingerprint density at radius 3 is 1.50 bits per heavy atom. The predicted molar refractivity (Wildman–Crippen MR) is 146 cm³/mol. The van der Waals surface area contributed by atoms with Crippen molar-refractivity contribution >= 4 is 43.3 Å². The minimum atomic E-state index is -4.20. The van der Waals surface area contributed by atoms with Crippen LogP contribution < -0.4 is 39.0 Å². The molecule has 38 heavy (non-hydrogen) atoms. The van der Waals surface area contributed by atoms with E-state index in [9.17, 15) is 13.0 Å². The van der Waals surface area contributed by atoms with E-state index in [0.29, 0.717) is 32.3 Å². The maximum absolute atomic E-state index is 10.3. The fourth-order valence-electron chi connectivity index (χ4n) is 3.37. The summed E-state index contributed by atoms with van der Waals surface area (Å²) < 4.78 is 52.4. The molecule has 0 saturated heterocycles. The predicted octanol–water partition coefficient (Wildman–Crippen LogP) is 2.26. The molecule has 0 saturated carbocycles. The first kappa shape index (κ1) is 32.3. The maximum Gasteiger partial charge on any atom is 1.00 e. The van der Waals surface area contributed by atoms with E-state index in [2.05, 4.69) is 18.2 Å². The van der Waals surface area contributed by atoms with Crippen molar-refractivity contribution in [2.24, 2.45) is 0 Å². The second-order valence-corrected chi connectivity index (χ2v) is 9.79. The maximum atomic E-state index is 10.3. The first-order valence-electron chi connectivity index (χ1n) is 11.8. The SMILES string of the molecule is ClCCOCCOc1ccc2ccccc2c1.O=S(=O)([O-])CCOCCOc1ccc2ccccc2c1.[Na+]. The number of ether oxygens (including phenoxy) is 4. The van der Waals surface area contributed by atoms with Gasteiger partial charge in [-0.1, -0.05) is 60.7 Å². The van der Waals surface area contributed by atoms with E-state index >= 15 is 0 Å². The zero-order valence-corrected chi connectivity index (χ0v) is 25.0. The van der Waals surface area contributed by atoms with Crippen molar-refractivity contribution in [3.8, 4) is 11.5 Å². The monoisotopic (exact) mass is 568 g/mol. The molecule has 4 aromatic carbocycles. The Morgan fingerprint density at radius 2 is 1.05 bits per heavy atom. The fraction of sp³-hybridized carbons (Fsp3) is 0.286. The minimum Gasteiger partial charge on any atom is -0.748 e. The molecular formula is C28H30ClNaO7S. The number of fused-ring (bicyclic) bond motifs is 2. The van der Waals surface area contributed by atoms with Gasteiger partial charge in [-0.25, -0.2) is 8.42 Å². The summed E-state index contributed by atoms with van der Waals surface area (Å²) in [6.07, 6.45) is 0. The van der Waals surface area contributed by atoms with Crippen LogP contribution in [0.5, 0.6) is 11.5 Å². The van der Waals surface area contributed by atoms with Gasteiger partial charge in [0.2, 0.25) is 0 Å². The van der Waals surface area contributed by atoms with Crippen LogP contribution in [0.4, 0.5) is 0 Å². The summed E-state index contributed by atoms with van der Waals surface area (Å²) in [6.45, 7) is 2.13. The van der Waals surface area contributed by atoms with Crippen molar-refractivity contribution in [1.82, 2.24) is 0 Å². The molecule has 0 aliphatic carbocycles. The van der Waals surface area contributed by atoms with E-state index in [1.165, 1.54) is 10.8 Å². The Kier molecular flexibility index (Phi) is 15.0.